The molecule has 0 aliphatic heterocycles. The van der Waals surface area contributed by atoms with E-state index in [0.717, 1.165) is 0 Å². The van der Waals surface area contributed by atoms with Gasteiger partial charge in [0.15, 0.2) is 0 Å². The van der Waals surface area contributed by atoms with Gasteiger partial charge in [0.05, 0.1) is 5.09 Å². The second kappa shape index (κ2) is 11.1. The van der Waals surface area contributed by atoms with E-state index in [9.17, 15) is 9.59 Å². The molecule has 0 aromatic carbocycles. The number of nitrogens with zero attached hydrogens (tertiary/aromatic N) is 1. The van der Waals surface area contributed by atoms with Crippen molar-refractivity contribution in [2.75, 3.05) is 0 Å². The van der Waals surface area contributed by atoms with Crippen molar-refractivity contribution in [3.8, 4) is 0 Å². The summed E-state index contributed by atoms with van der Waals surface area (Å²) in [7, 11) is 0. The second-order valence-electron chi connectivity index (χ2n) is 1.66. The van der Waals surface area contributed by atoms with E-state index < -0.39 is 16.9 Å². The number of rotatable bonds is 3. The van der Waals surface area contributed by atoms with Crippen LogP contribution in [0.5, 0.6) is 0 Å². The van der Waals surface area contributed by atoms with Gasteiger partial charge in [-0.15, -0.1) is 0 Å². The van der Waals surface area contributed by atoms with Gasteiger partial charge < -0.3 is 26.8 Å². The average molecular weight is 201 g/mol. The Morgan fingerprint density at radius 3 is 1.31 bits per heavy atom. The Bertz CT molecular complexity index is 167. The molecule has 0 aromatic heterocycles. The summed E-state index contributed by atoms with van der Waals surface area (Å²) in [6.45, 7) is 0. The van der Waals surface area contributed by atoms with Gasteiger partial charge in [0, 0.05) is 12.8 Å². The fourth-order valence-electron chi connectivity index (χ4n) is 0.246. The van der Waals surface area contributed by atoms with Crippen molar-refractivity contribution in [3.05, 3.63) is 15.3 Å². The number of nitrogens with two attached hydrogens (primary N) is 2. The van der Waals surface area contributed by atoms with Crippen LogP contribution in [0.2, 0.25) is 0 Å². The first-order valence-electron chi connectivity index (χ1n) is 2.74. The van der Waals surface area contributed by atoms with E-state index in [2.05, 4.69) is 0 Å². The maximum Gasteiger partial charge on any atom is 1.00 e. The van der Waals surface area contributed by atoms with E-state index in [4.69, 9.17) is 26.8 Å². The van der Waals surface area contributed by atoms with Gasteiger partial charge >= 0.3 is 29.6 Å². The van der Waals surface area contributed by atoms with Gasteiger partial charge in [-0.2, -0.15) is 0 Å². The molecule has 0 atom stereocenters. The molecule has 0 saturated heterocycles. The molecule has 0 aliphatic carbocycles. The van der Waals surface area contributed by atoms with Crippen LogP contribution in [0.15, 0.2) is 0 Å². The molecule has 0 saturated carbocycles. The molecule has 0 rings (SSSR count). The zero-order valence-corrected chi connectivity index (χ0v) is 9.06. The molecule has 0 bridgehead atoms. The van der Waals surface area contributed by atoms with Crippen molar-refractivity contribution in [3.63, 3.8) is 0 Å². The number of carbonyl (C=O) groups excluding carboxylic acids is 2. The van der Waals surface area contributed by atoms with E-state index in [0.29, 0.717) is 0 Å². The Morgan fingerprint density at radius 1 is 1.08 bits per heavy atom. The van der Waals surface area contributed by atoms with Crippen molar-refractivity contribution >= 4 is 11.8 Å². The quantitative estimate of drug-likeness (QED) is 0.267. The molecule has 0 spiro atoms. The van der Waals surface area contributed by atoms with Crippen molar-refractivity contribution in [1.29, 1.82) is 0 Å². The molecule has 2 amide bonds. The Labute approximate surface area is 95.7 Å². The zero-order valence-electron chi connectivity index (χ0n) is 7.06. The molecule has 0 aromatic rings. The molecule has 9 heteroatoms. The molecule has 0 heterocycles. The van der Waals surface area contributed by atoms with E-state index in [1.807, 2.05) is 0 Å². The Balaban J connectivity index is -0.000000173. The predicted octanol–water partition coefficient (Wildman–Crippen LogP) is -4.50. The zero-order chi connectivity index (χ0) is 10.1. The number of hydrogen-bond acceptors (Lipinski definition) is 5. The van der Waals surface area contributed by atoms with Crippen LogP contribution >= 0.6 is 0 Å². The van der Waals surface area contributed by atoms with Crippen LogP contribution < -0.4 is 41.0 Å². The normalized spacial score (nSPS) is 7.08. The first-order chi connectivity index (χ1) is 5.36. The van der Waals surface area contributed by atoms with Crippen LogP contribution in [0.1, 0.15) is 12.8 Å². The standard InChI is InChI=1S/C4H8N2O2.NO3.Na/c5-3(7)1-2-4(6)8;2-1(3)4;/h1-2H2,(H2,5,7)(H2,6,8);;/q;-1;+1. The molecular weight excluding hydrogens is 193 g/mol. The monoisotopic (exact) mass is 201 g/mol. The van der Waals surface area contributed by atoms with Gasteiger partial charge in [-0.25, -0.2) is 0 Å². The maximum atomic E-state index is 9.92. The van der Waals surface area contributed by atoms with Gasteiger partial charge in [0.2, 0.25) is 11.8 Å². The fraction of sp³-hybridized carbons (Fsp3) is 0.500. The van der Waals surface area contributed by atoms with Gasteiger partial charge in [-0.05, 0) is 0 Å². The fourth-order valence-corrected chi connectivity index (χ4v) is 0.246. The van der Waals surface area contributed by atoms with Gasteiger partial charge in [0.25, 0.3) is 0 Å². The van der Waals surface area contributed by atoms with Crippen LogP contribution in [0.4, 0.5) is 0 Å². The third-order valence-corrected chi connectivity index (χ3v) is 0.618. The number of hydrogen-bond donors (Lipinski definition) is 2. The Hall–Kier alpha value is -0.860. The van der Waals surface area contributed by atoms with Crippen molar-refractivity contribution in [2.45, 2.75) is 12.8 Å². The molecule has 70 valence electrons. The molecular formula is C4H8N3NaO5. The average Bonchev–Trinajstić information content (AvgIpc) is 1.82. The molecule has 13 heavy (non-hydrogen) atoms. The predicted molar refractivity (Wildman–Crippen MR) is 38.0 cm³/mol. The summed E-state index contributed by atoms with van der Waals surface area (Å²) < 4.78 is 0. The topological polar surface area (TPSA) is 152 Å². The summed E-state index contributed by atoms with van der Waals surface area (Å²) in [5.41, 5.74) is 9.39. The van der Waals surface area contributed by atoms with Crippen LogP contribution in [-0.4, -0.2) is 16.9 Å². The number of primary amides is 2. The minimum absolute atomic E-state index is 0. The largest absolute Gasteiger partial charge is 1.00 e. The number of amides is 2. The van der Waals surface area contributed by atoms with Crippen LogP contribution in [-0.2, 0) is 9.59 Å². The maximum absolute atomic E-state index is 9.92. The van der Waals surface area contributed by atoms with Gasteiger partial charge in [-0.3, -0.25) is 9.59 Å². The SMILES string of the molecule is NC(=O)CCC(N)=O.O=[N+]([O-])[O-].[Na+]. The van der Waals surface area contributed by atoms with Crippen LogP contribution in [0.25, 0.3) is 0 Å². The minimum Gasteiger partial charge on any atom is -0.370 e. The van der Waals surface area contributed by atoms with Crippen LogP contribution in [0, 0.1) is 15.3 Å². The first kappa shape index (κ1) is 18.0. The minimum atomic E-state index is -1.75. The summed E-state index contributed by atoms with van der Waals surface area (Å²) in [5.74, 6) is -0.993. The van der Waals surface area contributed by atoms with Crippen LogP contribution in [0.3, 0.4) is 0 Å². The van der Waals surface area contributed by atoms with Crippen molar-refractivity contribution < 1.29 is 44.2 Å². The molecule has 4 N–H and O–H groups in total. The molecule has 0 radical (unpaired) electrons. The smallest absolute Gasteiger partial charge is 0.370 e. The van der Waals surface area contributed by atoms with Crippen molar-refractivity contribution in [2.24, 2.45) is 11.5 Å². The Kier molecular flexibility index (Phi) is 15.5. The molecule has 0 aliphatic rings. The third kappa shape index (κ3) is 54.3. The summed E-state index contributed by atoms with van der Waals surface area (Å²) in [5, 5.41) is 14.8. The van der Waals surface area contributed by atoms with E-state index >= 15 is 0 Å². The molecule has 8 nitrogen and oxygen atoms in total. The van der Waals surface area contributed by atoms with Gasteiger partial charge in [0.1, 0.15) is 0 Å². The van der Waals surface area contributed by atoms with E-state index in [1.165, 1.54) is 0 Å². The summed E-state index contributed by atoms with van der Waals surface area (Å²) in [6.07, 6.45) is 0.102. The van der Waals surface area contributed by atoms with E-state index in [1.54, 1.807) is 0 Å². The first-order valence-corrected chi connectivity index (χ1v) is 2.74. The van der Waals surface area contributed by atoms with Crippen molar-refractivity contribution in [1.82, 2.24) is 0 Å². The third-order valence-electron chi connectivity index (χ3n) is 0.618. The summed E-state index contributed by atoms with van der Waals surface area (Å²) >= 11 is 0. The van der Waals surface area contributed by atoms with E-state index in [-0.39, 0.29) is 42.4 Å². The second-order valence-corrected chi connectivity index (χ2v) is 1.66. The Morgan fingerprint density at radius 2 is 1.23 bits per heavy atom. The summed E-state index contributed by atoms with van der Waals surface area (Å²) in [6, 6.07) is 0. The molecule has 0 unspecified atom stereocenters. The summed E-state index contributed by atoms with van der Waals surface area (Å²) in [4.78, 5) is 28.1. The van der Waals surface area contributed by atoms with Gasteiger partial charge in [-0.1, -0.05) is 0 Å². The number of carbonyl (C=O) groups is 2. The molecule has 0 fully saturated rings.